The average molecular weight is 240 g/mol. The quantitative estimate of drug-likeness (QED) is 0.800. The van der Waals surface area contributed by atoms with Gasteiger partial charge in [0.05, 0.1) is 10.7 Å². The van der Waals surface area contributed by atoms with Gasteiger partial charge in [0.2, 0.25) is 5.78 Å². The Kier molecular flexibility index (Phi) is 2.80. The van der Waals surface area contributed by atoms with Crippen molar-refractivity contribution in [1.82, 2.24) is 4.98 Å². The second kappa shape index (κ2) is 4.09. The summed E-state index contributed by atoms with van der Waals surface area (Å²) in [6.45, 7) is 0. The Morgan fingerprint density at radius 3 is 2.60 bits per heavy atom. The number of hydrogen-bond donors (Lipinski definition) is 1. The van der Waals surface area contributed by atoms with Crippen molar-refractivity contribution in [3.8, 4) is 0 Å². The van der Waals surface area contributed by atoms with Crippen LogP contribution in [0.2, 0.25) is 10.0 Å². The maximum atomic E-state index is 11.9. The number of hydrogen-bond acceptors (Lipinski definition) is 1. The number of carbonyl (C=O) groups excluding carboxylic acids is 1. The van der Waals surface area contributed by atoms with Crippen LogP contribution in [-0.4, -0.2) is 10.8 Å². The summed E-state index contributed by atoms with van der Waals surface area (Å²) in [5.41, 5.74) is 0.961. The van der Waals surface area contributed by atoms with E-state index in [9.17, 15) is 4.79 Å². The first kappa shape index (κ1) is 10.3. The summed E-state index contributed by atoms with van der Waals surface area (Å²) in [5, 5.41) is 0.880. The van der Waals surface area contributed by atoms with E-state index in [-0.39, 0.29) is 5.78 Å². The van der Waals surface area contributed by atoms with E-state index in [4.69, 9.17) is 23.2 Å². The zero-order valence-corrected chi connectivity index (χ0v) is 9.14. The summed E-state index contributed by atoms with van der Waals surface area (Å²) in [7, 11) is 0. The van der Waals surface area contributed by atoms with E-state index in [2.05, 4.69) is 4.98 Å². The average Bonchev–Trinajstić information content (AvgIpc) is 2.69. The molecule has 0 saturated heterocycles. The van der Waals surface area contributed by atoms with Crippen LogP contribution in [-0.2, 0) is 0 Å². The van der Waals surface area contributed by atoms with Crippen LogP contribution in [0.5, 0.6) is 0 Å². The van der Waals surface area contributed by atoms with Crippen LogP contribution in [0, 0.1) is 0 Å². The molecule has 2 aromatic rings. The highest BCUT2D eigenvalue weighted by Crippen LogP contribution is 2.22. The molecule has 0 amide bonds. The second-order valence-electron chi connectivity index (χ2n) is 3.04. The van der Waals surface area contributed by atoms with E-state index in [0.29, 0.717) is 21.3 Å². The summed E-state index contributed by atoms with van der Waals surface area (Å²) in [6, 6.07) is 8.28. The molecule has 2 rings (SSSR count). The number of carbonyl (C=O) groups is 1. The first-order valence-electron chi connectivity index (χ1n) is 4.31. The second-order valence-corrected chi connectivity index (χ2v) is 3.88. The molecule has 0 fully saturated rings. The van der Waals surface area contributed by atoms with Gasteiger partial charge in [-0.3, -0.25) is 4.79 Å². The molecule has 0 radical (unpaired) electrons. The van der Waals surface area contributed by atoms with Crippen molar-refractivity contribution < 1.29 is 4.79 Å². The van der Waals surface area contributed by atoms with Crippen LogP contribution in [0.4, 0.5) is 0 Å². The lowest BCUT2D eigenvalue weighted by atomic mass is 10.1. The van der Waals surface area contributed by atoms with Crippen LogP contribution in [0.15, 0.2) is 36.5 Å². The Morgan fingerprint density at radius 2 is 2.00 bits per heavy atom. The van der Waals surface area contributed by atoms with Gasteiger partial charge < -0.3 is 4.98 Å². The molecule has 0 aliphatic rings. The first-order valence-corrected chi connectivity index (χ1v) is 5.07. The number of nitrogens with one attached hydrogen (secondary N) is 1. The van der Waals surface area contributed by atoms with Crippen molar-refractivity contribution in [3.63, 3.8) is 0 Å². The van der Waals surface area contributed by atoms with Crippen molar-refractivity contribution in [3.05, 3.63) is 57.8 Å². The van der Waals surface area contributed by atoms with Crippen molar-refractivity contribution in [2.45, 2.75) is 0 Å². The number of rotatable bonds is 2. The zero-order chi connectivity index (χ0) is 10.8. The van der Waals surface area contributed by atoms with E-state index in [1.54, 1.807) is 36.5 Å². The molecule has 15 heavy (non-hydrogen) atoms. The van der Waals surface area contributed by atoms with Gasteiger partial charge >= 0.3 is 0 Å². The molecular formula is C11H7Cl2NO. The minimum absolute atomic E-state index is 0.137. The summed E-state index contributed by atoms with van der Waals surface area (Å²) >= 11 is 11.7. The van der Waals surface area contributed by atoms with Gasteiger partial charge in [0.15, 0.2) is 0 Å². The molecule has 4 heteroatoms. The molecule has 0 aliphatic carbocycles. The smallest absolute Gasteiger partial charge is 0.210 e. The van der Waals surface area contributed by atoms with E-state index in [1.807, 2.05) is 0 Å². The zero-order valence-electron chi connectivity index (χ0n) is 7.63. The van der Waals surface area contributed by atoms with Crippen molar-refractivity contribution in [1.29, 1.82) is 0 Å². The lowest BCUT2D eigenvalue weighted by Gasteiger charge is -2.01. The summed E-state index contributed by atoms with van der Waals surface area (Å²) in [6.07, 6.45) is 1.69. The Hall–Kier alpha value is -1.25. The molecule has 0 saturated carbocycles. The van der Waals surface area contributed by atoms with Crippen LogP contribution < -0.4 is 0 Å². The molecule has 76 valence electrons. The lowest BCUT2D eigenvalue weighted by Crippen LogP contribution is -2.02. The molecular weight excluding hydrogens is 233 g/mol. The maximum absolute atomic E-state index is 11.9. The topological polar surface area (TPSA) is 32.9 Å². The van der Waals surface area contributed by atoms with Crippen LogP contribution in [0.3, 0.4) is 0 Å². The number of halogens is 2. The van der Waals surface area contributed by atoms with Crippen molar-refractivity contribution >= 4 is 29.0 Å². The summed E-state index contributed by atoms with van der Waals surface area (Å²) < 4.78 is 0. The Labute approximate surface area is 96.8 Å². The van der Waals surface area contributed by atoms with Gasteiger partial charge in [-0.15, -0.1) is 0 Å². The molecule has 1 aromatic heterocycles. The highest BCUT2D eigenvalue weighted by molar-refractivity contribution is 6.37. The molecule has 1 aromatic carbocycles. The predicted molar refractivity (Wildman–Crippen MR) is 60.7 cm³/mol. The number of benzene rings is 1. The largest absolute Gasteiger partial charge is 0.359 e. The van der Waals surface area contributed by atoms with Crippen molar-refractivity contribution in [2.24, 2.45) is 0 Å². The highest BCUT2D eigenvalue weighted by Gasteiger charge is 2.13. The minimum atomic E-state index is -0.137. The number of ketones is 1. The number of H-pyrrole nitrogens is 1. The van der Waals surface area contributed by atoms with Crippen LogP contribution in [0.1, 0.15) is 16.1 Å². The highest BCUT2D eigenvalue weighted by atomic mass is 35.5. The molecule has 0 unspecified atom stereocenters. The fourth-order valence-corrected chi connectivity index (χ4v) is 1.78. The van der Waals surface area contributed by atoms with E-state index in [0.717, 1.165) is 0 Å². The summed E-state index contributed by atoms with van der Waals surface area (Å²) in [5.74, 6) is -0.137. The Morgan fingerprint density at radius 1 is 1.20 bits per heavy atom. The fraction of sp³-hybridized carbons (Fsp3) is 0. The maximum Gasteiger partial charge on any atom is 0.210 e. The van der Waals surface area contributed by atoms with Gasteiger partial charge in [0.1, 0.15) is 0 Å². The third-order valence-electron chi connectivity index (χ3n) is 2.02. The molecule has 1 N–H and O–H groups in total. The van der Waals surface area contributed by atoms with Gasteiger partial charge in [-0.05, 0) is 30.3 Å². The molecule has 0 aliphatic heterocycles. The van der Waals surface area contributed by atoms with E-state index >= 15 is 0 Å². The number of aromatic nitrogens is 1. The molecule has 2 nitrogen and oxygen atoms in total. The van der Waals surface area contributed by atoms with Gasteiger partial charge in [-0.2, -0.15) is 0 Å². The van der Waals surface area contributed by atoms with Crippen molar-refractivity contribution in [2.75, 3.05) is 0 Å². The molecule has 0 bridgehead atoms. The molecule has 0 atom stereocenters. The van der Waals surface area contributed by atoms with Gasteiger partial charge in [-0.1, -0.05) is 23.2 Å². The number of aromatic amines is 1. The minimum Gasteiger partial charge on any atom is -0.359 e. The first-order chi connectivity index (χ1) is 7.18. The standard InChI is InChI=1S/C11H7Cl2NO/c12-7-3-4-8(9(13)6-7)11(15)10-2-1-5-14-10/h1-6,14H. The Balaban J connectivity index is 2.42. The monoisotopic (exact) mass is 239 g/mol. The SMILES string of the molecule is O=C(c1ccc[nH]1)c1ccc(Cl)cc1Cl. The van der Waals surface area contributed by atoms with Gasteiger partial charge in [-0.25, -0.2) is 0 Å². The van der Waals surface area contributed by atoms with E-state index < -0.39 is 0 Å². The third-order valence-corrected chi connectivity index (χ3v) is 2.57. The summed E-state index contributed by atoms with van der Waals surface area (Å²) in [4.78, 5) is 14.7. The molecule has 1 heterocycles. The Bertz CT molecular complexity index is 491. The van der Waals surface area contributed by atoms with Crippen LogP contribution >= 0.6 is 23.2 Å². The van der Waals surface area contributed by atoms with Gasteiger partial charge in [0, 0.05) is 16.8 Å². The normalized spacial score (nSPS) is 10.3. The molecule has 0 spiro atoms. The third kappa shape index (κ3) is 2.06. The lowest BCUT2D eigenvalue weighted by molar-refractivity contribution is 0.103. The fourth-order valence-electron chi connectivity index (χ4n) is 1.29. The van der Waals surface area contributed by atoms with Crippen LogP contribution in [0.25, 0.3) is 0 Å². The predicted octanol–water partition coefficient (Wildman–Crippen LogP) is 3.55. The van der Waals surface area contributed by atoms with Gasteiger partial charge in [0.25, 0.3) is 0 Å². The van der Waals surface area contributed by atoms with E-state index in [1.165, 1.54) is 0 Å².